The second kappa shape index (κ2) is 8.11. The van der Waals surface area contributed by atoms with Gasteiger partial charge in [0.2, 0.25) is 0 Å². The van der Waals surface area contributed by atoms with Gasteiger partial charge in [0.05, 0.1) is 17.0 Å². The van der Waals surface area contributed by atoms with Crippen molar-refractivity contribution in [1.82, 2.24) is 0 Å². The van der Waals surface area contributed by atoms with Crippen LogP contribution in [0, 0.1) is 5.92 Å². The predicted molar refractivity (Wildman–Crippen MR) is 81.4 cm³/mol. The molecule has 0 radical (unpaired) electrons. The van der Waals surface area contributed by atoms with E-state index in [9.17, 15) is 14.7 Å². The SMILES string of the molecule is CCOC(=O)C(C(=O)OCC)C(O)c1cc(Br)c(Br)s1. The molecule has 112 valence electrons. The molecule has 0 spiro atoms. The van der Waals surface area contributed by atoms with Crippen molar-refractivity contribution >= 4 is 55.1 Å². The summed E-state index contributed by atoms with van der Waals surface area (Å²) in [6, 6.07) is 1.64. The lowest BCUT2D eigenvalue weighted by Gasteiger charge is -2.18. The molecule has 0 fully saturated rings. The first-order chi connectivity index (χ1) is 9.42. The van der Waals surface area contributed by atoms with Crippen molar-refractivity contribution in [3.05, 3.63) is 19.2 Å². The van der Waals surface area contributed by atoms with Crippen molar-refractivity contribution < 1.29 is 24.2 Å². The maximum absolute atomic E-state index is 11.9. The summed E-state index contributed by atoms with van der Waals surface area (Å²) in [4.78, 5) is 24.2. The van der Waals surface area contributed by atoms with Crippen molar-refractivity contribution in [2.45, 2.75) is 20.0 Å². The van der Waals surface area contributed by atoms with E-state index < -0.39 is 24.0 Å². The number of aliphatic hydroxyl groups excluding tert-OH is 1. The minimum atomic E-state index is -1.38. The highest BCUT2D eigenvalue weighted by Gasteiger charge is 2.38. The van der Waals surface area contributed by atoms with E-state index in [-0.39, 0.29) is 13.2 Å². The van der Waals surface area contributed by atoms with Gasteiger partial charge in [-0.15, -0.1) is 11.3 Å². The third-order valence-corrected chi connectivity index (χ3v) is 5.68. The summed E-state index contributed by atoms with van der Waals surface area (Å²) in [6.45, 7) is 3.51. The molecule has 1 rings (SSSR count). The third kappa shape index (κ3) is 4.28. The fourth-order valence-corrected chi connectivity index (χ4v) is 3.60. The maximum Gasteiger partial charge on any atom is 0.323 e. The van der Waals surface area contributed by atoms with E-state index in [0.717, 1.165) is 8.26 Å². The van der Waals surface area contributed by atoms with Gasteiger partial charge in [0.15, 0.2) is 5.92 Å². The van der Waals surface area contributed by atoms with Crippen LogP contribution in [0.1, 0.15) is 24.8 Å². The Morgan fingerprint density at radius 2 is 1.75 bits per heavy atom. The number of aliphatic hydroxyl groups is 1. The van der Waals surface area contributed by atoms with Crippen LogP contribution in [0.25, 0.3) is 0 Å². The lowest BCUT2D eigenvalue weighted by Crippen LogP contribution is -2.33. The largest absolute Gasteiger partial charge is 0.465 e. The minimum absolute atomic E-state index is 0.124. The molecule has 1 aromatic heterocycles. The van der Waals surface area contributed by atoms with Crippen molar-refractivity contribution in [2.24, 2.45) is 5.92 Å². The molecule has 8 heteroatoms. The standard InChI is InChI=1S/C12H14Br2O5S/c1-3-18-11(16)8(12(17)19-4-2)9(15)7-5-6(13)10(14)20-7/h5,8-9,15H,3-4H2,1-2H3. The van der Waals surface area contributed by atoms with Gasteiger partial charge in [0.1, 0.15) is 6.10 Å². The van der Waals surface area contributed by atoms with E-state index >= 15 is 0 Å². The number of carbonyl (C=O) groups is 2. The summed E-state index contributed by atoms with van der Waals surface area (Å²) >= 11 is 7.81. The molecule has 0 saturated carbocycles. The second-order valence-electron chi connectivity index (χ2n) is 3.70. The first-order valence-electron chi connectivity index (χ1n) is 5.88. The summed E-state index contributed by atoms with van der Waals surface area (Å²) in [7, 11) is 0. The van der Waals surface area contributed by atoms with Crippen LogP contribution in [0.15, 0.2) is 14.3 Å². The first-order valence-corrected chi connectivity index (χ1v) is 8.28. The van der Waals surface area contributed by atoms with Crippen LogP contribution < -0.4 is 0 Å². The van der Waals surface area contributed by atoms with Crippen LogP contribution in [-0.2, 0) is 19.1 Å². The Morgan fingerprint density at radius 1 is 1.25 bits per heavy atom. The molecule has 1 atom stereocenters. The van der Waals surface area contributed by atoms with Gasteiger partial charge in [-0.25, -0.2) is 0 Å². The van der Waals surface area contributed by atoms with Crippen LogP contribution in [0.4, 0.5) is 0 Å². The Kier molecular flexibility index (Phi) is 7.14. The number of ether oxygens (including phenoxy) is 2. The molecule has 5 nitrogen and oxygen atoms in total. The van der Waals surface area contributed by atoms with Gasteiger partial charge >= 0.3 is 11.9 Å². The van der Waals surface area contributed by atoms with E-state index in [2.05, 4.69) is 31.9 Å². The molecule has 1 aromatic rings. The molecule has 20 heavy (non-hydrogen) atoms. The van der Waals surface area contributed by atoms with Crippen molar-refractivity contribution in [2.75, 3.05) is 13.2 Å². The molecule has 0 bridgehead atoms. The fourth-order valence-electron chi connectivity index (χ4n) is 1.49. The molecule has 0 aliphatic rings. The molecular weight excluding hydrogens is 416 g/mol. The summed E-state index contributed by atoms with van der Waals surface area (Å²) in [6.07, 6.45) is -1.30. The van der Waals surface area contributed by atoms with E-state index in [4.69, 9.17) is 9.47 Å². The van der Waals surface area contributed by atoms with Gasteiger partial charge in [-0.2, -0.15) is 0 Å². The molecular formula is C12H14Br2O5S. The normalized spacial score (nSPS) is 12.3. The van der Waals surface area contributed by atoms with Gasteiger partial charge in [-0.3, -0.25) is 9.59 Å². The van der Waals surface area contributed by atoms with Gasteiger partial charge in [0.25, 0.3) is 0 Å². The molecule has 0 aliphatic heterocycles. The first kappa shape index (κ1) is 17.6. The van der Waals surface area contributed by atoms with Crippen LogP contribution >= 0.6 is 43.2 Å². The number of esters is 2. The van der Waals surface area contributed by atoms with Gasteiger partial charge in [0, 0.05) is 9.35 Å². The molecule has 1 N–H and O–H groups in total. The van der Waals surface area contributed by atoms with Gasteiger partial charge < -0.3 is 14.6 Å². The molecule has 0 aromatic carbocycles. The average Bonchev–Trinajstić information content (AvgIpc) is 2.70. The van der Waals surface area contributed by atoms with Crippen LogP contribution in [-0.4, -0.2) is 30.3 Å². The number of halogens is 2. The predicted octanol–water partition coefficient (Wildman–Crippen LogP) is 3.05. The van der Waals surface area contributed by atoms with Gasteiger partial charge in [-0.05, 0) is 51.8 Å². The monoisotopic (exact) mass is 428 g/mol. The highest BCUT2D eigenvalue weighted by Crippen LogP contribution is 2.38. The zero-order chi connectivity index (χ0) is 15.3. The molecule has 0 saturated heterocycles. The van der Waals surface area contributed by atoms with E-state index in [1.54, 1.807) is 19.9 Å². The summed E-state index contributed by atoms with van der Waals surface area (Å²) < 4.78 is 11.2. The average molecular weight is 430 g/mol. The van der Waals surface area contributed by atoms with Gasteiger partial charge in [-0.1, -0.05) is 0 Å². The van der Waals surface area contributed by atoms with E-state index in [1.807, 2.05) is 0 Å². The van der Waals surface area contributed by atoms with Crippen molar-refractivity contribution in [3.63, 3.8) is 0 Å². The summed E-state index contributed by atoms with van der Waals surface area (Å²) in [5.74, 6) is -2.97. The third-order valence-electron chi connectivity index (χ3n) is 2.35. The highest BCUT2D eigenvalue weighted by atomic mass is 79.9. The molecule has 0 amide bonds. The zero-order valence-corrected chi connectivity index (χ0v) is 14.9. The Morgan fingerprint density at radius 3 is 2.10 bits per heavy atom. The number of hydrogen-bond donors (Lipinski definition) is 1. The molecule has 1 unspecified atom stereocenters. The summed E-state index contributed by atoms with van der Waals surface area (Å²) in [5, 5.41) is 10.3. The van der Waals surface area contributed by atoms with E-state index in [0.29, 0.717) is 4.88 Å². The van der Waals surface area contributed by atoms with Crippen molar-refractivity contribution in [1.29, 1.82) is 0 Å². The Labute approximate surface area is 137 Å². The fraction of sp³-hybridized carbons (Fsp3) is 0.500. The number of carbonyl (C=O) groups excluding carboxylic acids is 2. The molecule has 1 heterocycles. The van der Waals surface area contributed by atoms with Crippen LogP contribution in [0.2, 0.25) is 0 Å². The Bertz CT molecular complexity index is 451. The Hall–Kier alpha value is -0.440. The van der Waals surface area contributed by atoms with E-state index in [1.165, 1.54) is 11.3 Å². The lowest BCUT2D eigenvalue weighted by molar-refractivity contribution is -0.167. The van der Waals surface area contributed by atoms with Crippen LogP contribution in [0.5, 0.6) is 0 Å². The minimum Gasteiger partial charge on any atom is -0.465 e. The smallest absolute Gasteiger partial charge is 0.323 e. The number of rotatable bonds is 6. The Balaban J connectivity index is 3.02. The highest BCUT2D eigenvalue weighted by molar-refractivity contribution is 9.13. The second-order valence-corrected chi connectivity index (χ2v) is 6.95. The van der Waals surface area contributed by atoms with Crippen molar-refractivity contribution in [3.8, 4) is 0 Å². The zero-order valence-electron chi connectivity index (χ0n) is 10.9. The number of hydrogen-bond acceptors (Lipinski definition) is 6. The number of thiophene rings is 1. The van der Waals surface area contributed by atoms with Crippen LogP contribution in [0.3, 0.4) is 0 Å². The topological polar surface area (TPSA) is 72.8 Å². The molecule has 0 aliphatic carbocycles. The maximum atomic E-state index is 11.9. The quantitative estimate of drug-likeness (QED) is 0.555. The summed E-state index contributed by atoms with van der Waals surface area (Å²) in [5.41, 5.74) is 0. The lowest BCUT2D eigenvalue weighted by atomic mass is 10.0.